The summed E-state index contributed by atoms with van der Waals surface area (Å²) in [6.45, 7) is 1.68. The Morgan fingerprint density at radius 3 is 2.38 bits per heavy atom. The molecule has 2 atom stereocenters. The molecule has 230 valence electrons. The van der Waals surface area contributed by atoms with Gasteiger partial charge in [0.2, 0.25) is 5.91 Å². The number of carbonyl (C=O) groups is 3. The van der Waals surface area contributed by atoms with E-state index in [-0.39, 0.29) is 18.7 Å². The number of amides is 3. The minimum absolute atomic E-state index is 0.122. The molecule has 2 N–H and O–H groups in total. The summed E-state index contributed by atoms with van der Waals surface area (Å²) in [4.78, 5) is 41.3. The second-order valence-electron chi connectivity index (χ2n) is 10.2. The summed E-state index contributed by atoms with van der Waals surface area (Å²) in [6, 6.07) is 18.4. The van der Waals surface area contributed by atoms with Crippen LogP contribution in [-0.2, 0) is 22.3 Å². The van der Waals surface area contributed by atoms with E-state index in [0.717, 1.165) is 12.1 Å². The third-order valence-corrected chi connectivity index (χ3v) is 7.38. The summed E-state index contributed by atoms with van der Waals surface area (Å²) in [6.07, 6.45) is -5.10. The van der Waals surface area contributed by atoms with Crippen molar-refractivity contribution in [2.45, 2.75) is 38.0 Å². The number of aromatic nitrogens is 2. The topological polar surface area (TPSA) is 120 Å². The highest BCUT2D eigenvalue weighted by Gasteiger charge is 2.46. The van der Waals surface area contributed by atoms with Gasteiger partial charge in [-0.1, -0.05) is 36.4 Å². The molecule has 0 saturated carbocycles. The molecule has 4 aromatic rings. The van der Waals surface area contributed by atoms with Gasteiger partial charge in [0.15, 0.2) is 0 Å². The zero-order valence-electron chi connectivity index (χ0n) is 23.8. The van der Waals surface area contributed by atoms with E-state index in [4.69, 9.17) is 10.4 Å². The molecule has 5 rings (SSSR count). The lowest BCUT2D eigenvalue weighted by atomic mass is 9.80. The van der Waals surface area contributed by atoms with E-state index < -0.39 is 53.7 Å². The average Bonchev–Trinajstić information content (AvgIpc) is 3.40. The van der Waals surface area contributed by atoms with E-state index in [9.17, 15) is 31.9 Å². The number of nitrogens with zero attached hydrogens (tertiary/aromatic N) is 4. The molecular formula is C32H26F4N6O3. The summed E-state index contributed by atoms with van der Waals surface area (Å²) in [5.41, 5.74) is 0.384. The molecule has 3 amide bonds. The van der Waals surface area contributed by atoms with Crippen molar-refractivity contribution in [1.29, 1.82) is 5.26 Å². The van der Waals surface area contributed by atoms with Crippen molar-refractivity contribution in [3.8, 4) is 11.8 Å². The number of hydrogen-bond acceptors (Lipinski definition) is 5. The average molecular weight is 619 g/mol. The molecule has 13 heteroatoms. The van der Waals surface area contributed by atoms with E-state index in [2.05, 4.69) is 10.6 Å². The van der Waals surface area contributed by atoms with Crippen LogP contribution < -0.4 is 15.5 Å². The zero-order chi connectivity index (χ0) is 32.3. The number of anilines is 1. The fourth-order valence-electron chi connectivity index (χ4n) is 5.36. The highest BCUT2D eigenvalue weighted by molar-refractivity contribution is 6.05. The summed E-state index contributed by atoms with van der Waals surface area (Å²) < 4.78 is 55.8. The van der Waals surface area contributed by atoms with E-state index >= 15 is 0 Å². The van der Waals surface area contributed by atoms with Gasteiger partial charge in [0.1, 0.15) is 24.1 Å². The van der Waals surface area contributed by atoms with Crippen LogP contribution in [0.15, 0.2) is 78.9 Å². The molecule has 1 aliphatic heterocycles. The van der Waals surface area contributed by atoms with Crippen molar-refractivity contribution in [2.75, 3.05) is 11.4 Å². The second kappa shape index (κ2) is 12.6. The van der Waals surface area contributed by atoms with E-state index in [1.807, 2.05) is 0 Å². The van der Waals surface area contributed by atoms with Gasteiger partial charge in [0.25, 0.3) is 11.8 Å². The van der Waals surface area contributed by atoms with Crippen LogP contribution in [0.3, 0.4) is 0 Å². The fourth-order valence-corrected chi connectivity index (χ4v) is 5.36. The number of likely N-dealkylation sites (N-methyl/N-ethyl adjacent to an activating group) is 1. The standard InChI is InChI=1S/C32H26F4N6O3/c1-2-41-30-27(24(18-38-25(43)15-16-37)40-42(30)23-9-4-3-5-10-23)26(19-11-13-22(33)14-12-19)28(31(41)45)39-29(44)20-7-6-8-21(17-20)32(34,35)36/h3-14,17,26,28H,2,15,18H2,1H3,(H,38,43)(H,39,44)/t26-,28-/m0/s1. The first kappa shape index (κ1) is 30.9. The monoisotopic (exact) mass is 618 g/mol. The van der Waals surface area contributed by atoms with Crippen LogP contribution in [0.5, 0.6) is 0 Å². The lowest BCUT2D eigenvalue weighted by molar-refractivity contribution is -0.137. The SMILES string of the molecule is CCN1C(=O)[C@@H](NC(=O)c2cccc(C(F)(F)F)c2)[C@@H](c2ccc(F)cc2)c2c(CNC(=O)CC#N)nn(-c3ccccc3)c21. The molecule has 1 aromatic heterocycles. The quantitative estimate of drug-likeness (QED) is 0.274. The first-order valence-corrected chi connectivity index (χ1v) is 13.9. The number of rotatable bonds is 8. The van der Waals surface area contributed by atoms with Crippen molar-refractivity contribution in [3.05, 3.63) is 113 Å². The fraction of sp³-hybridized carbons (Fsp3) is 0.219. The Morgan fingerprint density at radius 2 is 1.73 bits per heavy atom. The van der Waals surface area contributed by atoms with Crippen LogP contribution in [0.1, 0.15) is 52.0 Å². The van der Waals surface area contributed by atoms with Crippen LogP contribution in [0, 0.1) is 17.1 Å². The summed E-state index contributed by atoms with van der Waals surface area (Å²) in [5.74, 6) is -3.26. The molecule has 0 unspecified atom stereocenters. The van der Waals surface area contributed by atoms with Crippen LogP contribution in [0.25, 0.3) is 5.69 Å². The highest BCUT2D eigenvalue weighted by Crippen LogP contribution is 2.43. The van der Waals surface area contributed by atoms with Crippen molar-refractivity contribution >= 4 is 23.5 Å². The van der Waals surface area contributed by atoms with Crippen molar-refractivity contribution < 1.29 is 31.9 Å². The third-order valence-electron chi connectivity index (χ3n) is 7.38. The number of carbonyl (C=O) groups excluding carboxylic acids is 3. The molecule has 0 aliphatic carbocycles. The smallest absolute Gasteiger partial charge is 0.349 e. The predicted octanol–water partition coefficient (Wildman–Crippen LogP) is 4.86. The summed E-state index contributed by atoms with van der Waals surface area (Å²) >= 11 is 0. The lowest BCUT2D eigenvalue weighted by Gasteiger charge is -2.38. The third kappa shape index (κ3) is 6.26. The van der Waals surface area contributed by atoms with E-state index in [1.54, 1.807) is 43.3 Å². The molecule has 45 heavy (non-hydrogen) atoms. The Kier molecular flexibility index (Phi) is 8.67. The number of fused-ring (bicyclic) bond motifs is 1. The molecule has 0 fully saturated rings. The number of hydrogen-bond donors (Lipinski definition) is 2. The summed E-state index contributed by atoms with van der Waals surface area (Å²) in [5, 5.41) is 19.0. The van der Waals surface area contributed by atoms with Crippen molar-refractivity contribution in [1.82, 2.24) is 20.4 Å². The van der Waals surface area contributed by atoms with Gasteiger partial charge in [-0.05, 0) is 55.0 Å². The molecule has 0 radical (unpaired) electrons. The number of para-hydroxylation sites is 1. The molecule has 9 nitrogen and oxygen atoms in total. The van der Waals surface area contributed by atoms with Gasteiger partial charge in [0, 0.05) is 23.6 Å². The Morgan fingerprint density at radius 1 is 1.02 bits per heavy atom. The molecule has 0 saturated heterocycles. The molecule has 3 aromatic carbocycles. The summed E-state index contributed by atoms with van der Waals surface area (Å²) in [7, 11) is 0. The van der Waals surface area contributed by atoms with Crippen molar-refractivity contribution in [3.63, 3.8) is 0 Å². The van der Waals surface area contributed by atoms with Gasteiger partial charge in [-0.3, -0.25) is 19.3 Å². The Balaban J connectivity index is 1.69. The van der Waals surface area contributed by atoms with Crippen molar-refractivity contribution in [2.24, 2.45) is 0 Å². The first-order valence-electron chi connectivity index (χ1n) is 13.9. The number of halogens is 4. The van der Waals surface area contributed by atoms with Gasteiger partial charge in [-0.15, -0.1) is 0 Å². The number of alkyl halides is 3. The minimum atomic E-state index is -4.70. The molecule has 0 spiro atoms. The minimum Gasteiger partial charge on any atom is -0.349 e. The Hall–Kier alpha value is -5.51. The first-order chi connectivity index (χ1) is 21.5. The Bertz CT molecular complexity index is 1780. The van der Waals surface area contributed by atoms with E-state index in [1.165, 1.54) is 39.9 Å². The lowest BCUT2D eigenvalue weighted by Crippen LogP contribution is -2.55. The van der Waals surface area contributed by atoms with Gasteiger partial charge in [-0.2, -0.15) is 23.5 Å². The zero-order valence-corrected chi connectivity index (χ0v) is 23.8. The largest absolute Gasteiger partial charge is 0.416 e. The molecule has 1 aliphatic rings. The van der Waals surface area contributed by atoms with Gasteiger partial charge in [0.05, 0.1) is 29.6 Å². The van der Waals surface area contributed by atoms with Crippen LogP contribution in [0.4, 0.5) is 23.4 Å². The van der Waals surface area contributed by atoms with Crippen LogP contribution in [0.2, 0.25) is 0 Å². The maximum atomic E-state index is 14.2. The van der Waals surface area contributed by atoms with Gasteiger partial charge < -0.3 is 10.6 Å². The normalized spacial score (nSPS) is 16.1. The predicted molar refractivity (Wildman–Crippen MR) is 155 cm³/mol. The second-order valence-corrected chi connectivity index (χ2v) is 10.2. The number of benzene rings is 3. The number of nitriles is 1. The number of nitrogens with one attached hydrogen (secondary N) is 2. The van der Waals surface area contributed by atoms with E-state index in [0.29, 0.717) is 34.4 Å². The Labute approximate surface area is 255 Å². The molecule has 0 bridgehead atoms. The van der Waals surface area contributed by atoms with Gasteiger partial charge in [-0.25, -0.2) is 9.07 Å². The maximum Gasteiger partial charge on any atom is 0.416 e. The molecule has 2 heterocycles. The van der Waals surface area contributed by atoms with Crippen LogP contribution in [-0.4, -0.2) is 40.1 Å². The van der Waals surface area contributed by atoms with Crippen LogP contribution >= 0.6 is 0 Å². The maximum absolute atomic E-state index is 14.2. The highest BCUT2D eigenvalue weighted by atomic mass is 19.4. The van der Waals surface area contributed by atoms with Gasteiger partial charge >= 0.3 is 6.18 Å². The molecular weight excluding hydrogens is 592 g/mol.